The fourth-order valence-corrected chi connectivity index (χ4v) is 2.71. The maximum absolute atomic E-state index is 12.5. The molecule has 6 heteroatoms. The highest BCUT2D eigenvalue weighted by atomic mass is 16.5. The van der Waals surface area contributed by atoms with E-state index in [0.29, 0.717) is 17.4 Å². The van der Waals surface area contributed by atoms with Gasteiger partial charge in [-0.1, -0.05) is 0 Å². The molecule has 0 saturated carbocycles. The van der Waals surface area contributed by atoms with Crippen molar-refractivity contribution in [3.63, 3.8) is 0 Å². The topological polar surface area (TPSA) is 57.7 Å². The molecule has 3 rings (SSSR count). The summed E-state index contributed by atoms with van der Waals surface area (Å²) in [6.07, 6.45) is 3.22. The van der Waals surface area contributed by atoms with Gasteiger partial charge >= 0.3 is 0 Å². The highest BCUT2D eigenvalue weighted by Gasteiger charge is 2.30. The summed E-state index contributed by atoms with van der Waals surface area (Å²) in [5.41, 5.74) is 0.598. The first-order valence-corrected chi connectivity index (χ1v) is 7.01. The zero-order chi connectivity index (χ0) is 13.9. The maximum Gasteiger partial charge on any atom is 0.257 e. The summed E-state index contributed by atoms with van der Waals surface area (Å²) in [7, 11) is 1.56. The van der Waals surface area contributed by atoms with E-state index in [-0.39, 0.29) is 5.91 Å². The molecule has 3 heterocycles. The Bertz CT molecular complexity index is 482. The van der Waals surface area contributed by atoms with Crippen LogP contribution in [0.4, 0.5) is 0 Å². The third-order valence-electron chi connectivity index (χ3n) is 4.11. The van der Waals surface area contributed by atoms with Crippen LogP contribution in [-0.2, 0) is 0 Å². The summed E-state index contributed by atoms with van der Waals surface area (Å²) in [5.74, 6) is 0.582. The number of pyridine rings is 1. The number of nitrogens with zero attached hydrogens (tertiary/aromatic N) is 3. The Hall–Kier alpha value is -1.66. The van der Waals surface area contributed by atoms with Crippen LogP contribution in [0.2, 0.25) is 0 Å². The van der Waals surface area contributed by atoms with E-state index in [1.54, 1.807) is 25.6 Å². The molecule has 2 saturated heterocycles. The lowest BCUT2D eigenvalue weighted by atomic mass is 10.1. The van der Waals surface area contributed by atoms with E-state index in [0.717, 1.165) is 39.3 Å². The van der Waals surface area contributed by atoms with Gasteiger partial charge in [-0.05, 0) is 6.07 Å². The van der Waals surface area contributed by atoms with Gasteiger partial charge in [-0.2, -0.15) is 0 Å². The lowest BCUT2D eigenvalue weighted by molar-refractivity contribution is 0.0499. The lowest BCUT2D eigenvalue weighted by Gasteiger charge is -2.43. The number of aromatic nitrogens is 1. The van der Waals surface area contributed by atoms with Crippen LogP contribution in [-0.4, -0.2) is 73.1 Å². The van der Waals surface area contributed by atoms with Crippen LogP contribution in [0.5, 0.6) is 5.75 Å². The first kappa shape index (κ1) is 13.3. The van der Waals surface area contributed by atoms with Gasteiger partial charge in [0.1, 0.15) is 5.75 Å². The third kappa shape index (κ3) is 2.48. The predicted octanol–water partition coefficient (Wildman–Crippen LogP) is -0.180. The van der Waals surface area contributed by atoms with Crippen LogP contribution in [0.3, 0.4) is 0 Å². The van der Waals surface area contributed by atoms with Crippen molar-refractivity contribution < 1.29 is 9.53 Å². The maximum atomic E-state index is 12.5. The first-order chi connectivity index (χ1) is 9.79. The molecule has 1 N–H and O–H groups in total. The number of carbonyl (C=O) groups excluding carboxylic acids is 1. The summed E-state index contributed by atoms with van der Waals surface area (Å²) in [6.45, 7) is 5.61. The number of piperazine rings is 1. The highest BCUT2D eigenvalue weighted by molar-refractivity contribution is 5.96. The molecule has 0 unspecified atom stereocenters. The van der Waals surface area contributed by atoms with Gasteiger partial charge in [-0.25, -0.2) is 0 Å². The van der Waals surface area contributed by atoms with Crippen molar-refractivity contribution in [1.29, 1.82) is 0 Å². The second-order valence-electron chi connectivity index (χ2n) is 5.22. The minimum absolute atomic E-state index is 0.0376. The summed E-state index contributed by atoms with van der Waals surface area (Å²) in [4.78, 5) is 20.9. The monoisotopic (exact) mass is 276 g/mol. The molecule has 2 fully saturated rings. The largest absolute Gasteiger partial charge is 0.494 e. The Kier molecular flexibility index (Phi) is 3.84. The van der Waals surface area contributed by atoms with E-state index in [2.05, 4.69) is 15.2 Å². The molecule has 0 spiro atoms. The van der Waals surface area contributed by atoms with Gasteiger partial charge in [0.15, 0.2) is 0 Å². The van der Waals surface area contributed by atoms with E-state index in [1.165, 1.54) is 0 Å². The number of ether oxygens (including phenoxy) is 1. The summed E-state index contributed by atoms with van der Waals surface area (Å²) < 4.78 is 5.21. The first-order valence-electron chi connectivity index (χ1n) is 7.01. The Morgan fingerprint density at radius 1 is 1.35 bits per heavy atom. The number of rotatable bonds is 3. The van der Waals surface area contributed by atoms with Crippen molar-refractivity contribution in [3.05, 3.63) is 24.0 Å². The molecular weight excluding hydrogens is 256 g/mol. The molecule has 1 aromatic rings. The number of amides is 1. The Morgan fingerprint density at radius 3 is 2.70 bits per heavy atom. The lowest BCUT2D eigenvalue weighted by Crippen LogP contribution is -2.62. The standard InChI is InChI=1S/C14H20N4O2/c1-20-13-10-15-3-2-12(13)14(19)18-6-4-17(5-7-18)11-8-16-9-11/h2-3,10-11,16H,4-9H2,1H3. The van der Waals surface area contributed by atoms with Crippen LogP contribution >= 0.6 is 0 Å². The molecule has 6 nitrogen and oxygen atoms in total. The van der Waals surface area contributed by atoms with E-state index >= 15 is 0 Å². The molecule has 2 aliphatic rings. The average molecular weight is 276 g/mol. The summed E-state index contributed by atoms with van der Waals surface area (Å²) in [6, 6.07) is 2.38. The van der Waals surface area contributed by atoms with Crippen LogP contribution in [0.15, 0.2) is 18.5 Å². The van der Waals surface area contributed by atoms with Crippen molar-refractivity contribution in [2.24, 2.45) is 0 Å². The molecule has 0 aliphatic carbocycles. The molecule has 0 atom stereocenters. The van der Waals surface area contributed by atoms with E-state index in [9.17, 15) is 4.79 Å². The second kappa shape index (κ2) is 5.76. The molecule has 0 radical (unpaired) electrons. The van der Waals surface area contributed by atoms with Crippen LogP contribution in [0, 0.1) is 0 Å². The van der Waals surface area contributed by atoms with Crippen LogP contribution in [0.1, 0.15) is 10.4 Å². The van der Waals surface area contributed by atoms with Crippen molar-refractivity contribution in [1.82, 2.24) is 20.1 Å². The van der Waals surface area contributed by atoms with Crippen molar-refractivity contribution in [2.45, 2.75) is 6.04 Å². The molecule has 0 aromatic carbocycles. The normalized spacial score (nSPS) is 20.6. The van der Waals surface area contributed by atoms with Crippen LogP contribution in [0.25, 0.3) is 0 Å². The molecule has 2 aliphatic heterocycles. The Morgan fingerprint density at radius 2 is 2.10 bits per heavy atom. The van der Waals surface area contributed by atoms with Crippen molar-refractivity contribution in [3.8, 4) is 5.75 Å². The number of hydrogen-bond donors (Lipinski definition) is 1. The van der Waals surface area contributed by atoms with Crippen molar-refractivity contribution >= 4 is 5.91 Å². The fraction of sp³-hybridized carbons (Fsp3) is 0.571. The molecular formula is C14H20N4O2. The van der Waals surface area contributed by atoms with Gasteiger partial charge in [0.05, 0.1) is 18.9 Å². The van der Waals surface area contributed by atoms with E-state index < -0.39 is 0 Å². The van der Waals surface area contributed by atoms with Gasteiger partial charge < -0.3 is 15.0 Å². The van der Waals surface area contributed by atoms with Gasteiger partial charge in [0, 0.05) is 51.5 Å². The molecule has 0 bridgehead atoms. The third-order valence-corrected chi connectivity index (χ3v) is 4.11. The van der Waals surface area contributed by atoms with Crippen LogP contribution < -0.4 is 10.1 Å². The molecule has 108 valence electrons. The molecule has 20 heavy (non-hydrogen) atoms. The quantitative estimate of drug-likeness (QED) is 0.830. The minimum atomic E-state index is 0.0376. The van der Waals surface area contributed by atoms with Gasteiger partial charge in [-0.15, -0.1) is 0 Å². The predicted molar refractivity (Wildman–Crippen MR) is 74.9 cm³/mol. The molecule has 1 aromatic heterocycles. The van der Waals surface area contributed by atoms with Gasteiger partial charge in [0.2, 0.25) is 0 Å². The number of carbonyl (C=O) groups is 1. The SMILES string of the molecule is COc1cnccc1C(=O)N1CCN(C2CNC2)CC1. The summed E-state index contributed by atoms with van der Waals surface area (Å²) >= 11 is 0. The Balaban J connectivity index is 1.63. The molecule has 1 amide bonds. The number of methoxy groups -OCH3 is 1. The second-order valence-corrected chi connectivity index (χ2v) is 5.22. The minimum Gasteiger partial charge on any atom is -0.494 e. The van der Waals surface area contributed by atoms with E-state index in [4.69, 9.17) is 4.74 Å². The Labute approximate surface area is 118 Å². The van der Waals surface area contributed by atoms with Gasteiger partial charge in [-0.3, -0.25) is 14.7 Å². The zero-order valence-corrected chi connectivity index (χ0v) is 11.7. The smallest absolute Gasteiger partial charge is 0.257 e. The highest BCUT2D eigenvalue weighted by Crippen LogP contribution is 2.19. The van der Waals surface area contributed by atoms with E-state index in [1.807, 2.05) is 4.90 Å². The number of nitrogens with one attached hydrogen (secondary N) is 1. The summed E-state index contributed by atoms with van der Waals surface area (Å²) in [5, 5.41) is 3.29. The van der Waals surface area contributed by atoms with Crippen molar-refractivity contribution in [2.75, 3.05) is 46.4 Å². The number of hydrogen-bond acceptors (Lipinski definition) is 5. The fourth-order valence-electron chi connectivity index (χ4n) is 2.71. The average Bonchev–Trinajstić information content (AvgIpc) is 2.45. The van der Waals surface area contributed by atoms with Gasteiger partial charge in [0.25, 0.3) is 5.91 Å². The zero-order valence-electron chi connectivity index (χ0n) is 11.7.